The van der Waals surface area contributed by atoms with E-state index in [2.05, 4.69) is 4.90 Å². The van der Waals surface area contributed by atoms with Gasteiger partial charge >= 0.3 is 0 Å². The van der Waals surface area contributed by atoms with Crippen molar-refractivity contribution < 1.29 is 5.11 Å². The molecule has 0 aromatic carbocycles. The Hall–Kier alpha value is -0.120. The predicted octanol–water partition coefficient (Wildman–Crippen LogP) is 2.91. The Balaban J connectivity index is 1.43. The van der Waals surface area contributed by atoms with Crippen LogP contribution in [0.4, 0.5) is 0 Å². The second-order valence-electron chi connectivity index (χ2n) is 8.09. The van der Waals surface area contributed by atoms with Gasteiger partial charge in [0.25, 0.3) is 0 Å². The summed E-state index contributed by atoms with van der Waals surface area (Å²) in [4.78, 5) is 2.65. The maximum absolute atomic E-state index is 10.5. The molecule has 1 aliphatic heterocycles. The molecule has 3 nitrogen and oxygen atoms in total. The number of likely N-dealkylation sites (tertiary alicyclic amines) is 1. The number of piperidine rings is 1. The van der Waals surface area contributed by atoms with E-state index < -0.39 is 5.60 Å². The number of rotatable bonds is 4. The Labute approximate surface area is 130 Å². The van der Waals surface area contributed by atoms with Gasteiger partial charge in [-0.3, -0.25) is 0 Å². The van der Waals surface area contributed by atoms with Crippen molar-refractivity contribution >= 4 is 0 Å². The molecule has 0 aromatic rings. The molecule has 3 fully saturated rings. The second-order valence-corrected chi connectivity index (χ2v) is 8.09. The lowest BCUT2D eigenvalue weighted by Crippen LogP contribution is -2.44. The molecule has 1 heterocycles. The maximum atomic E-state index is 10.5. The van der Waals surface area contributed by atoms with Gasteiger partial charge in [-0.15, -0.1) is 0 Å². The van der Waals surface area contributed by atoms with Gasteiger partial charge in [0.2, 0.25) is 0 Å². The van der Waals surface area contributed by atoms with E-state index in [1.54, 1.807) is 0 Å². The largest absolute Gasteiger partial charge is 0.388 e. The van der Waals surface area contributed by atoms with Crippen LogP contribution in [-0.2, 0) is 0 Å². The van der Waals surface area contributed by atoms with Crippen LogP contribution < -0.4 is 5.73 Å². The summed E-state index contributed by atoms with van der Waals surface area (Å²) in [6.07, 6.45) is 14.6. The van der Waals surface area contributed by atoms with Crippen molar-refractivity contribution in [3.8, 4) is 0 Å². The first-order chi connectivity index (χ1) is 10.2. The van der Waals surface area contributed by atoms with Gasteiger partial charge in [-0.05, 0) is 75.9 Å². The zero-order valence-corrected chi connectivity index (χ0v) is 13.7. The molecule has 0 bridgehead atoms. The number of nitrogens with two attached hydrogens (primary N) is 1. The van der Waals surface area contributed by atoms with Crippen LogP contribution in [-0.4, -0.2) is 41.8 Å². The Morgan fingerprint density at radius 3 is 2.33 bits per heavy atom. The molecule has 0 aromatic heterocycles. The van der Waals surface area contributed by atoms with Crippen molar-refractivity contribution in [2.45, 2.75) is 76.2 Å². The quantitative estimate of drug-likeness (QED) is 0.838. The van der Waals surface area contributed by atoms with Crippen molar-refractivity contribution in [3.63, 3.8) is 0 Å². The Kier molecular flexibility index (Phi) is 4.92. The van der Waals surface area contributed by atoms with Crippen LogP contribution in [0, 0.1) is 11.3 Å². The molecule has 3 N–H and O–H groups in total. The molecule has 122 valence electrons. The van der Waals surface area contributed by atoms with Crippen molar-refractivity contribution in [1.82, 2.24) is 4.90 Å². The summed E-state index contributed by atoms with van der Waals surface area (Å²) in [5.74, 6) is 0.438. The molecule has 0 amide bonds. The van der Waals surface area contributed by atoms with Crippen molar-refractivity contribution in [1.29, 1.82) is 0 Å². The van der Waals surface area contributed by atoms with Crippen LogP contribution in [0.3, 0.4) is 0 Å². The minimum atomic E-state index is -0.555. The predicted molar refractivity (Wildman–Crippen MR) is 87.2 cm³/mol. The molecule has 1 saturated heterocycles. The van der Waals surface area contributed by atoms with Crippen LogP contribution in [0.15, 0.2) is 0 Å². The molecule has 2 saturated carbocycles. The fourth-order valence-electron chi connectivity index (χ4n) is 5.20. The standard InChI is InChI=1S/C18H34N2O/c19-15-18(21)9-4-5-16(18)6-12-20-13-10-17(11-14-20)7-2-1-3-8-17/h16,21H,1-15,19H2. The Morgan fingerprint density at radius 1 is 0.952 bits per heavy atom. The first-order valence-electron chi connectivity index (χ1n) is 9.31. The van der Waals surface area contributed by atoms with Gasteiger partial charge in [0.1, 0.15) is 0 Å². The molecular weight excluding hydrogens is 260 g/mol. The summed E-state index contributed by atoms with van der Waals surface area (Å²) < 4.78 is 0. The van der Waals surface area contributed by atoms with E-state index >= 15 is 0 Å². The SMILES string of the molecule is NCC1(O)CCCC1CCN1CCC2(CCCCC2)CC1. The van der Waals surface area contributed by atoms with Crippen LogP contribution in [0.2, 0.25) is 0 Å². The van der Waals surface area contributed by atoms with E-state index in [1.165, 1.54) is 71.0 Å². The van der Waals surface area contributed by atoms with Crippen LogP contribution >= 0.6 is 0 Å². The Morgan fingerprint density at radius 2 is 1.67 bits per heavy atom. The first-order valence-corrected chi connectivity index (χ1v) is 9.31. The smallest absolute Gasteiger partial charge is 0.0797 e. The van der Waals surface area contributed by atoms with Gasteiger partial charge in [0.15, 0.2) is 0 Å². The fraction of sp³-hybridized carbons (Fsp3) is 1.00. The zero-order valence-electron chi connectivity index (χ0n) is 13.7. The highest BCUT2D eigenvalue weighted by Gasteiger charge is 2.40. The van der Waals surface area contributed by atoms with Gasteiger partial charge in [-0.25, -0.2) is 0 Å². The minimum absolute atomic E-state index is 0.438. The summed E-state index contributed by atoms with van der Waals surface area (Å²) in [5.41, 5.74) is 5.95. The van der Waals surface area contributed by atoms with E-state index in [4.69, 9.17) is 5.73 Å². The molecule has 2 unspecified atom stereocenters. The molecule has 3 heteroatoms. The van der Waals surface area contributed by atoms with E-state index in [-0.39, 0.29) is 0 Å². The van der Waals surface area contributed by atoms with E-state index in [9.17, 15) is 5.11 Å². The molecule has 1 spiro atoms. The first kappa shape index (κ1) is 15.8. The average Bonchev–Trinajstić information content (AvgIpc) is 2.89. The summed E-state index contributed by atoms with van der Waals surface area (Å²) in [5, 5.41) is 10.5. The van der Waals surface area contributed by atoms with Crippen molar-refractivity contribution in [3.05, 3.63) is 0 Å². The third-order valence-electron chi connectivity index (χ3n) is 6.90. The third kappa shape index (κ3) is 3.46. The fourth-order valence-corrected chi connectivity index (χ4v) is 5.20. The third-order valence-corrected chi connectivity index (χ3v) is 6.90. The van der Waals surface area contributed by atoms with Gasteiger partial charge in [0.05, 0.1) is 5.60 Å². The second kappa shape index (κ2) is 6.55. The van der Waals surface area contributed by atoms with Crippen LogP contribution in [0.1, 0.15) is 70.6 Å². The molecule has 3 aliphatic rings. The Bertz CT molecular complexity index is 330. The zero-order chi connectivity index (χ0) is 14.8. The van der Waals surface area contributed by atoms with Crippen LogP contribution in [0.5, 0.6) is 0 Å². The molecule has 3 rings (SSSR count). The van der Waals surface area contributed by atoms with Gasteiger partial charge in [0, 0.05) is 6.54 Å². The number of hydrogen-bond donors (Lipinski definition) is 2. The van der Waals surface area contributed by atoms with E-state index in [0.29, 0.717) is 17.9 Å². The topological polar surface area (TPSA) is 49.5 Å². The molecule has 2 aliphatic carbocycles. The van der Waals surface area contributed by atoms with Gasteiger partial charge in [-0.1, -0.05) is 25.7 Å². The molecule has 2 atom stereocenters. The highest BCUT2D eigenvalue weighted by atomic mass is 16.3. The van der Waals surface area contributed by atoms with Crippen LogP contribution in [0.25, 0.3) is 0 Å². The van der Waals surface area contributed by atoms with E-state index in [1.807, 2.05) is 0 Å². The monoisotopic (exact) mass is 294 g/mol. The lowest BCUT2D eigenvalue weighted by Gasteiger charge is -2.44. The van der Waals surface area contributed by atoms with Gasteiger partial charge < -0.3 is 15.7 Å². The minimum Gasteiger partial charge on any atom is -0.388 e. The normalized spacial score (nSPS) is 37.1. The lowest BCUT2D eigenvalue weighted by atomic mass is 9.68. The number of nitrogens with zero attached hydrogens (tertiary/aromatic N) is 1. The maximum Gasteiger partial charge on any atom is 0.0797 e. The summed E-state index contributed by atoms with van der Waals surface area (Å²) in [7, 11) is 0. The lowest BCUT2D eigenvalue weighted by molar-refractivity contribution is 0.0000728. The summed E-state index contributed by atoms with van der Waals surface area (Å²) in [6.45, 7) is 4.19. The number of hydrogen-bond acceptors (Lipinski definition) is 3. The van der Waals surface area contributed by atoms with Crippen molar-refractivity contribution in [2.24, 2.45) is 17.1 Å². The van der Waals surface area contributed by atoms with E-state index in [0.717, 1.165) is 19.3 Å². The highest BCUT2D eigenvalue weighted by Crippen LogP contribution is 2.44. The summed E-state index contributed by atoms with van der Waals surface area (Å²) >= 11 is 0. The molecular formula is C18H34N2O. The molecule has 21 heavy (non-hydrogen) atoms. The number of aliphatic hydroxyl groups is 1. The summed E-state index contributed by atoms with van der Waals surface area (Å²) in [6, 6.07) is 0. The molecule has 0 radical (unpaired) electrons. The van der Waals surface area contributed by atoms with Gasteiger partial charge in [-0.2, -0.15) is 0 Å². The average molecular weight is 294 g/mol. The van der Waals surface area contributed by atoms with Crippen molar-refractivity contribution in [2.75, 3.05) is 26.2 Å². The highest BCUT2D eigenvalue weighted by molar-refractivity contribution is 4.94.